The maximum atomic E-state index is 5.86. The first-order valence-electron chi connectivity index (χ1n) is 4.14. The van der Waals surface area contributed by atoms with E-state index in [4.69, 9.17) is 5.73 Å². The third-order valence-electron chi connectivity index (χ3n) is 2.26. The van der Waals surface area contributed by atoms with E-state index in [1.165, 1.54) is 11.3 Å². The molecule has 0 aromatic carbocycles. The van der Waals surface area contributed by atoms with Crippen LogP contribution in [0.2, 0.25) is 0 Å². The van der Waals surface area contributed by atoms with E-state index in [2.05, 4.69) is 27.0 Å². The van der Waals surface area contributed by atoms with E-state index in [1.807, 2.05) is 6.20 Å². The van der Waals surface area contributed by atoms with Crippen LogP contribution in [0.5, 0.6) is 0 Å². The molecule has 0 radical (unpaired) electrons. The summed E-state index contributed by atoms with van der Waals surface area (Å²) in [5.74, 6) is 0. The van der Waals surface area contributed by atoms with E-state index < -0.39 is 0 Å². The molecule has 1 unspecified atom stereocenters. The van der Waals surface area contributed by atoms with E-state index in [1.54, 1.807) is 0 Å². The Morgan fingerprint density at radius 2 is 2.31 bits per heavy atom. The van der Waals surface area contributed by atoms with Crippen molar-refractivity contribution < 1.29 is 0 Å². The Labute approximate surface area is 92.5 Å². The predicted octanol–water partition coefficient (Wildman–Crippen LogP) is 2.08. The Hall–Kier alpha value is -0.120. The minimum absolute atomic E-state index is 0. The Morgan fingerprint density at radius 3 is 3.08 bits per heavy atom. The Morgan fingerprint density at radius 1 is 1.54 bits per heavy atom. The summed E-state index contributed by atoms with van der Waals surface area (Å²) in [6.07, 6.45) is 4.93. The molecule has 72 valence electrons. The minimum Gasteiger partial charge on any atom is -0.327 e. The summed E-state index contributed by atoms with van der Waals surface area (Å²) in [5.41, 5.74) is 8.39. The Kier molecular flexibility index (Phi) is 3.71. The highest BCUT2D eigenvalue weighted by molar-refractivity contribution is 9.10. The van der Waals surface area contributed by atoms with Gasteiger partial charge in [0.15, 0.2) is 0 Å². The summed E-state index contributed by atoms with van der Waals surface area (Å²) in [5, 5.41) is 0. The molecular formula is C9H12BrClN2. The summed E-state index contributed by atoms with van der Waals surface area (Å²) < 4.78 is 1.05. The monoisotopic (exact) mass is 262 g/mol. The molecule has 4 heteroatoms. The molecule has 1 aliphatic carbocycles. The number of rotatable bonds is 0. The number of aryl methyl sites for hydroxylation is 1. The lowest BCUT2D eigenvalue weighted by Crippen LogP contribution is -2.28. The fourth-order valence-corrected chi connectivity index (χ4v) is 2.00. The zero-order valence-electron chi connectivity index (χ0n) is 7.16. The Bertz CT molecular complexity index is 304. The van der Waals surface area contributed by atoms with Crippen molar-refractivity contribution in [1.29, 1.82) is 0 Å². The molecule has 0 fully saturated rings. The molecule has 1 heterocycles. The van der Waals surface area contributed by atoms with Gasteiger partial charge in [0.25, 0.3) is 0 Å². The average Bonchev–Trinajstić information content (AvgIpc) is 2.03. The van der Waals surface area contributed by atoms with Crippen LogP contribution in [0.1, 0.15) is 17.7 Å². The number of nitrogens with zero attached hydrogens (tertiary/aromatic N) is 1. The first kappa shape index (κ1) is 11.0. The maximum Gasteiger partial charge on any atom is 0.0437 e. The summed E-state index contributed by atoms with van der Waals surface area (Å²) in [4.78, 5) is 4.35. The van der Waals surface area contributed by atoms with Gasteiger partial charge in [-0.25, -0.2) is 0 Å². The van der Waals surface area contributed by atoms with E-state index in [-0.39, 0.29) is 12.4 Å². The van der Waals surface area contributed by atoms with Gasteiger partial charge in [0.2, 0.25) is 0 Å². The zero-order chi connectivity index (χ0) is 8.55. The van der Waals surface area contributed by atoms with Gasteiger partial charge in [-0.15, -0.1) is 12.4 Å². The minimum atomic E-state index is 0. The number of hydrogen-bond donors (Lipinski definition) is 1. The first-order chi connectivity index (χ1) is 5.75. The van der Waals surface area contributed by atoms with Crippen molar-refractivity contribution in [2.45, 2.75) is 25.3 Å². The quantitative estimate of drug-likeness (QED) is 0.778. The Balaban J connectivity index is 0.000000845. The largest absolute Gasteiger partial charge is 0.327 e. The van der Waals surface area contributed by atoms with E-state index >= 15 is 0 Å². The molecule has 1 atom stereocenters. The third kappa shape index (κ3) is 2.42. The number of halogens is 2. The third-order valence-corrected chi connectivity index (χ3v) is 2.69. The van der Waals surface area contributed by atoms with E-state index in [0.29, 0.717) is 6.04 Å². The molecule has 0 spiro atoms. The summed E-state index contributed by atoms with van der Waals surface area (Å²) in [6.45, 7) is 0. The highest BCUT2D eigenvalue weighted by atomic mass is 79.9. The number of pyridine rings is 1. The number of fused-ring (bicyclic) bond motifs is 1. The van der Waals surface area contributed by atoms with Crippen LogP contribution in [-0.2, 0) is 12.8 Å². The second-order valence-corrected chi connectivity index (χ2v) is 4.18. The lowest BCUT2D eigenvalue weighted by Gasteiger charge is -2.20. The smallest absolute Gasteiger partial charge is 0.0437 e. The van der Waals surface area contributed by atoms with Crippen LogP contribution in [-0.4, -0.2) is 11.0 Å². The molecule has 1 aromatic rings. The van der Waals surface area contributed by atoms with Crippen LogP contribution in [0, 0.1) is 0 Å². The molecule has 1 aliphatic rings. The normalized spacial score (nSPS) is 20.3. The van der Waals surface area contributed by atoms with Crippen molar-refractivity contribution in [2.75, 3.05) is 0 Å². The van der Waals surface area contributed by atoms with Crippen LogP contribution in [0.3, 0.4) is 0 Å². The van der Waals surface area contributed by atoms with Gasteiger partial charge in [-0.05, 0) is 46.8 Å². The maximum absolute atomic E-state index is 5.86. The molecule has 0 amide bonds. The number of hydrogen-bond acceptors (Lipinski definition) is 2. The van der Waals surface area contributed by atoms with E-state index in [0.717, 1.165) is 23.7 Å². The van der Waals surface area contributed by atoms with Crippen molar-refractivity contribution in [3.8, 4) is 0 Å². The van der Waals surface area contributed by atoms with Gasteiger partial charge < -0.3 is 5.73 Å². The van der Waals surface area contributed by atoms with Gasteiger partial charge in [0.05, 0.1) is 0 Å². The van der Waals surface area contributed by atoms with E-state index in [9.17, 15) is 0 Å². The zero-order valence-corrected chi connectivity index (χ0v) is 9.57. The lowest BCUT2D eigenvalue weighted by atomic mass is 9.93. The fraction of sp³-hybridized carbons (Fsp3) is 0.444. The van der Waals surface area contributed by atoms with Crippen LogP contribution in [0.15, 0.2) is 16.7 Å². The molecule has 0 saturated carbocycles. The summed E-state index contributed by atoms with van der Waals surface area (Å²) in [6, 6.07) is 2.45. The van der Waals surface area contributed by atoms with Crippen molar-refractivity contribution in [1.82, 2.24) is 4.98 Å². The molecule has 1 aromatic heterocycles. The molecule has 0 aliphatic heterocycles. The highest BCUT2D eigenvalue weighted by Gasteiger charge is 2.15. The van der Waals surface area contributed by atoms with Crippen LogP contribution in [0.4, 0.5) is 0 Å². The highest BCUT2D eigenvalue weighted by Crippen LogP contribution is 2.21. The predicted molar refractivity (Wildman–Crippen MR) is 59.2 cm³/mol. The second-order valence-electron chi connectivity index (χ2n) is 3.26. The lowest BCUT2D eigenvalue weighted by molar-refractivity contribution is 0.566. The summed E-state index contributed by atoms with van der Waals surface area (Å²) in [7, 11) is 0. The first-order valence-corrected chi connectivity index (χ1v) is 4.94. The van der Waals surface area contributed by atoms with Crippen molar-refractivity contribution >= 4 is 28.3 Å². The molecule has 0 bridgehead atoms. The van der Waals surface area contributed by atoms with Crippen LogP contribution < -0.4 is 5.73 Å². The molecule has 2 nitrogen and oxygen atoms in total. The topological polar surface area (TPSA) is 38.9 Å². The summed E-state index contributed by atoms with van der Waals surface area (Å²) >= 11 is 3.41. The van der Waals surface area contributed by atoms with Gasteiger partial charge in [0.1, 0.15) is 0 Å². The number of nitrogens with two attached hydrogens (primary N) is 1. The molecule has 2 N–H and O–H groups in total. The van der Waals surface area contributed by atoms with Gasteiger partial charge in [0, 0.05) is 22.4 Å². The standard InChI is InChI=1S/C9H11BrN2.ClH/c10-7-3-6-4-8(11)1-2-9(6)12-5-7;/h3,5,8H,1-2,4,11H2;1H. The van der Waals surface area contributed by atoms with Crippen molar-refractivity contribution in [2.24, 2.45) is 5.73 Å². The van der Waals surface area contributed by atoms with Crippen LogP contribution >= 0.6 is 28.3 Å². The molecule has 13 heavy (non-hydrogen) atoms. The fourth-order valence-electron chi connectivity index (χ4n) is 1.62. The van der Waals surface area contributed by atoms with Crippen molar-refractivity contribution in [3.05, 3.63) is 28.0 Å². The molecule has 0 saturated heterocycles. The SMILES string of the molecule is Cl.NC1CCc2ncc(Br)cc2C1. The average molecular weight is 264 g/mol. The second kappa shape index (κ2) is 4.40. The molecule has 2 rings (SSSR count). The van der Waals surface area contributed by atoms with Gasteiger partial charge in [-0.3, -0.25) is 4.98 Å². The molecular weight excluding hydrogens is 251 g/mol. The van der Waals surface area contributed by atoms with Crippen LogP contribution in [0.25, 0.3) is 0 Å². The van der Waals surface area contributed by atoms with Crippen molar-refractivity contribution in [3.63, 3.8) is 0 Å². The number of aromatic nitrogens is 1. The van der Waals surface area contributed by atoms with Gasteiger partial charge >= 0.3 is 0 Å². The van der Waals surface area contributed by atoms with Gasteiger partial charge in [-0.2, -0.15) is 0 Å². The van der Waals surface area contributed by atoms with Gasteiger partial charge in [-0.1, -0.05) is 0 Å².